The fourth-order valence-corrected chi connectivity index (χ4v) is 4.23. The van der Waals surface area contributed by atoms with Crippen LogP contribution in [-0.4, -0.2) is 40.6 Å². The number of benzene rings is 3. The van der Waals surface area contributed by atoms with Crippen LogP contribution in [0.15, 0.2) is 71.9 Å². The predicted molar refractivity (Wildman–Crippen MR) is 134 cm³/mol. The molecule has 0 aliphatic heterocycles. The Labute approximate surface area is 211 Å². The summed E-state index contributed by atoms with van der Waals surface area (Å²) in [5, 5.41) is 12.0. The van der Waals surface area contributed by atoms with Crippen molar-refractivity contribution >= 4 is 29.3 Å². The van der Waals surface area contributed by atoms with Gasteiger partial charge in [0.2, 0.25) is 5.91 Å². The van der Waals surface area contributed by atoms with Crippen molar-refractivity contribution in [3.63, 3.8) is 0 Å². The Kier molecular flexibility index (Phi) is 7.89. The van der Waals surface area contributed by atoms with Crippen molar-refractivity contribution in [3.05, 3.63) is 83.1 Å². The predicted octanol–water partition coefficient (Wildman–Crippen LogP) is 5.15. The van der Waals surface area contributed by atoms with Crippen molar-refractivity contribution in [2.24, 2.45) is 0 Å². The third-order valence-electron chi connectivity index (χ3n) is 5.12. The lowest BCUT2D eigenvalue weighted by molar-refractivity contribution is -0.118. The summed E-state index contributed by atoms with van der Waals surface area (Å²) in [6.07, 6.45) is 0. The lowest BCUT2D eigenvalue weighted by atomic mass is 10.2. The normalized spacial score (nSPS) is 10.7. The topological polar surface area (TPSA) is 78.3 Å². The molecule has 0 unspecified atom stereocenters. The molecular formula is C25H22ClFN4O3S. The second-order valence-corrected chi connectivity index (χ2v) is 8.73. The molecule has 35 heavy (non-hydrogen) atoms. The van der Waals surface area contributed by atoms with Crippen molar-refractivity contribution in [2.45, 2.75) is 11.7 Å². The van der Waals surface area contributed by atoms with Crippen LogP contribution < -0.4 is 14.8 Å². The largest absolute Gasteiger partial charge is 0.497 e. The standard InChI is InChI=1S/C25H22ClFN4O3S/c1-33-19-8-3-16(4-9-19)14-28-23(32)15-35-25-30-29-24(17-5-10-20(34-2)11-6-17)31(25)18-7-12-22(27)21(26)13-18/h3-13H,14-15H2,1-2H3,(H,28,32). The van der Waals surface area contributed by atoms with Crippen molar-refractivity contribution in [2.75, 3.05) is 20.0 Å². The van der Waals surface area contributed by atoms with E-state index in [-0.39, 0.29) is 16.7 Å². The summed E-state index contributed by atoms with van der Waals surface area (Å²) in [6.45, 7) is 0.390. The SMILES string of the molecule is COc1ccc(CNC(=O)CSc2nnc(-c3ccc(OC)cc3)n2-c2ccc(F)c(Cl)c2)cc1. The number of carbonyl (C=O) groups excluding carboxylic acids is 1. The van der Waals surface area contributed by atoms with E-state index in [0.29, 0.717) is 29.0 Å². The minimum Gasteiger partial charge on any atom is -0.497 e. The van der Waals surface area contributed by atoms with Gasteiger partial charge in [-0.2, -0.15) is 0 Å². The zero-order valence-corrected chi connectivity index (χ0v) is 20.6. The first-order chi connectivity index (χ1) is 17.0. The van der Waals surface area contributed by atoms with Crippen LogP contribution in [-0.2, 0) is 11.3 Å². The molecule has 0 aliphatic carbocycles. The van der Waals surface area contributed by atoms with Gasteiger partial charge in [0.15, 0.2) is 11.0 Å². The Morgan fingerprint density at radius 1 is 1.00 bits per heavy atom. The molecule has 1 heterocycles. The van der Waals surface area contributed by atoms with Crippen molar-refractivity contribution in [3.8, 4) is 28.6 Å². The number of carbonyl (C=O) groups is 1. The molecule has 0 bridgehead atoms. The third-order valence-corrected chi connectivity index (χ3v) is 6.34. The number of hydrogen-bond acceptors (Lipinski definition) is 6. The highest BCUT2D eigenvalue weighted by atomic mass is 35.5. The van der Waals surface area contributed by atoms with Gasteiger partial charge >= 0.3 is 0 Å². The Morgan fingerprint density at radius 2 is 1.66 bits per heavy atom. The van der Waals surface area contributed by atoms with Crippen LogP contribution in [0.4, 0.5) is 4.39 Å². The first kappa shape index (κ1) is 24.6. The highest BCUT2D eigenvalue weighted by Crippen LogP contribution is 2.30. The van der Waals surface area contributed by atoms with E-state index < -0.39 is 5.82 Å². The summed E-state index contributed by atoms with van der Waals surface area (Å²) in [5.74, 6) is 1.41. The number of ether oxygens (including phenoxy) is 2. The zero-order valence-electron chi connectivity index (χ0n) is 19.0. The van der Waals surface area contributed by atoms with Gasteiger partial charge in [0.25, 0.3) is 0 Å². The lowest BCUT2D eigenvalue weighted by Gasteiger charge is -2.12. The number of aromatic nitrogens is 3. The molecule has 180 valence electrons. The van der Waals surface area contributed by atoms with Gasteiger partial charge in [0.1, 0.15) is 17.3 Å². The van der Waals surface area contributed by atoms with Gasteiger partial charge in [0.05, 0.1) is 30.7 Å². The van der Waals surface area contributed by atoms with E-state index in [1.807, 2.05) is 48.5 Å². The molecule has 10 heteroatoms. The smallest absolute Gasteiger partial charge is 0.230 e. The minimum absolute atomic E-state index is 0.0231. The molecule has 7 nitrogen and oxygen atoms in total. The Hall–Kier alpha value is -3.56. The Bertz CT molecular complexity index is 1310. The molecule has 1 amide bonds. The lowest BCUT2D eigenvalue weighted by Crippen LogP contribution is -2.24. The summed E-state index contributed by atoms with van der Waals surface area (Å²) in [6, 6.07) is 19.2. The van der Waals surface area contributed by atoms with Gasteiger partial charge in [-0.05, 0) is 60.2 Å². The van der Waals surface area contributed by atoms with E-state index in [1.165, 1.54) is 23.9 Å². The third kappa shape index (κ3) is 5.93. The van der Waals surface area contributed by atoms with E-state index >= 15 is 0 Å². The molecule has 0 atom stereocenters. The quantitative estimate of drug-likeness (QED) is 0.312. The fourth-order valence-electron chi connectivity index (χ4n) is 3.27. The van der Waals surface area contributed by atoms with E-state index in [4.69, 9.17) is 21.1 Å². The van der Waals surface area contributed by atoms with Crippen LogP contribution in [0.25, 0.3) is 17.1 Å². The van der Waals surface area contributed by atoms with E-state index in [9.17, 15) is 9.18 Å². The Balaban J connectivity index is 1.53. The van der Waals surface area contributed by atoms with Gasteiger partial charge in [-0.15, -0.1) is 10.2 Å². The molecule has 1 N–H and O–H groups in total. The number of hydrogen-bond donors (Lipinski definition) is 1. The maximum Gasteiger partial charge on any atom is 0.230 e. The van der Waals surface area contributed by atoms with E-state index in [1.54, 1.807) is 24.9 Å². The zero-order chi connectivity index (χ0) is 24.8. The maximum atomic E-state index is 13.8. The van der Waals surface area contributed by atoms with Gasteiger partial charge in [-0.25, -0.2) is 4.39 Å². The number of amides is 1. The monoisotopic (exact) mass is 512 g/mol. The van der Waals surface area contributed by atoms with Crippen LogP contribution >= 0.6 is 23.4 Å². The highest BCUT2D eigenvalue weighted by molar-refractivity contribution is 7.99. The van der Waals surface area contributed by atoms with Gasteiger partial charge in [-0.1, -0.05) is 35.5 Å². The molecular weight excluding hydrogens is 491 g/mol. The van der Waals surface area contributed by atoms with Gasteiger partial charge < -0.3 is 14.8 Å². The summed E-state index contributed by atoms with van der Waals surface area (Å²) in [4.78, 5) is 12.5. The average Bonchev–Trinajstić information content (AvgIpc) is 3.32. The molecule has 0 radical (unpaired) electrons. The van der Waals surface area contributed by atoms with Crippen molar-refractivity contribution in [1.82, 2.24) is 20.1 Å². The molecule has 0 spiro atoms. The number of thioether (sulfide) groups is 1. The molecule has 4 rings (SSSR count). The maximum absolute atomic E-state index is 13.8. The van der Waals surface area contributed by atoms with Gasteiger partial charge in [-0.3, -0.25) is 9.36 Å². The summed E-state index contributed by atoms with van der Waals surface area (Å²) in [7, 11) is 3.19. The van der Waals surface area contributed by atoms with Crippen LogP contribution in [0.5, 0.6) is 11.5 Å². The molecule has 4 aromatic rings. The van der Waals surface area contributed by atoms with Crippen LogP contribution in [0.3, 0.4) is 0 Å². The number of nitrogens with zero attached hydrogens (tertiary/aromatic N) is 3. The number of halogens is 2. The van der Waals surface area contributed by atoms with Crippen LogP contribution in [0, 0.1) is 5.82 Å². The van der Waals surface area contributed by atoms with Crippen LogP contribution in [0.2, 0.25) is 5.02 Å². The second kappa shape index (κ2) is 11.2. The molecule has 0 aliphatic rings. The van der Waals surface area contributed by atoms with Crippen molar-refractivity contribution < 1.29 is 18.7 Å². The second-order valence-electron chi connectivity index (χ2n) is 7.38. The number of nitrogens with one attached hydrogen (secondary N) is 1. The van der Waals surface area contributed by atoms with Crippen LogP contribution in [0.1, 0.15) is 5.56 Å². The molecule has 0 fully saturated rings. The first-order valence-corrected chi connectivity index (χ1v) is 11.9. The van der Waals surface area contributed by atoms with Crippen molar-refractivity contribution in [1.29, 1.82) is 0 Å². The minimum atomic E-state index is -0.526. The fraction of sp³-hybridized carbons (Fsp3) is 0.160. The highest BCUT2D eigenvalue weighted by Gasteiger charge is 2.18. The summed E-state index contributed by atoms with van der Waals surface area (Å²) < 4.78 is 25.9. The summed E-state index contributed by atoms with van der Waals surface area (Å²) >= 11 is 7.26. The molecule has 1 aromatic heterocycles. The van der Waals surface area contributed by atoms with Gasteiger partial charge in [0, 0.05) is 12.1 Å². The van der Waals surface area contributed by atoms with E-state index in [0.717, 1.165) is 16.9 Å². The number of methoxy groups -OCH3 is 2. The molecule has 0 saturated heterocycles. The average molecular weight is 513 g/mol. The first-order valence-electron chi connectivity index (χ1n) is 10.6. The molecule has 3 aromatic carbocycles. The summed E-state index contributed by atoms with van der Waals surface area (Å²) in [5.41, 5.74) is 2.30. The Morgan fingerprint density at radius 3 is 2.29 bits per heavy atom. The van der Waals surface area contributed by atoms with E-state index in [2.05, 4.69) is 15.5 Å². The molecule has 0 saturated carbocycles. The number of rotatable bonds is 9.